The molecule has 3 aromatic rings. The fourth-order valence-electron chi connectivity index (χ4n) is 3.96. The minimum atomic E-state index is -0.283. The largest absolute Gasteiger partial charge is 0.301 e. The number of pyridine rings is 1. The zero-order valence-corrected chi connectivity index (χ0v) is 15.3. The first kappa shape index (κ1) is 16.5. The van der Waals surface area contributed by atoms with E-state index in [0.717, 1.165) is 12.1 Å². The minimum absolute atomic E-state index is 0.0802. The highest BCUT2D eigenvalue weighted by Gasteiger charge is 2.40. The summed E-state index contributed by atoms with van der Waals surface area (Å²) in [4.78, 5) is 19.9. The van der Waals surface area contributed by atoms with E-state index in [4.69, 9.17) is 0 Å². The SMILES string of the molecule is CC1CC(C)(C)N(C(=O)c2cccc(-n3cccn3)n2)c2ccccc21. The van der Waals surface area contributed by atoms with E-state index in [2.05, 4.69) is 36.9 Å². The average molecular weight is 346 g/mol. The van der Waals surface area contributed by atoms with Crippen LogP contribution in [-0.4, -0.2) is 26.2 Å². The normalized spacial score (nSPS) is 18.4. The number of aromatic nitrogens is 3. The predicted octanol–water partition coefficient (Wildman–Crippen LogP) is 4.20. The topological polar surface area (TPSA) is 51.0 Å². The van der Waals surface area contributed by atoms with E-state index in [1.807, 2.05) is 47.5 Å². The molecule has 0 radical (unpaired) electrons. The summed E-state index contributed by atoms with van der Waals surface area (Å²) < 4.78 is 1.66. The summed E-state index contributed by atoms with van der Waals surface area (Å²) in [6.07, 6.45) is 4.43. The van der Waals surface area contributed by atoms with Gasteiger partial charge in [0.15, 0.2) is 5.82 Å². The molecular weight excluding hydrogens is 324 g/mol. The van der Waals surface area contributed by atoms with Gasteiger partial charge in [-0.3, -0.25) is 4.79 Å². The first-order valence-electron chi connectivity index (χ1n) is 8.88. The molecule has 0 N–H and O–H groups in total. The number of carbonyl (C=O) groups is 1. The first-order chi connectivity index (χ1) is 12.5. The first-order valence-corrected chi connectivity index (χ1v) is 8.88. The van der Waals surface area contributed by atoms with E-state index >= 15 is 0 Å². The molecule has 1 aromatic carbocycles. The van der Waals surface area contributed by atoms with Crippen LogP contribution in [-0.2, 0) is 0 Å². The third-order valence-corrected chi connectivity index (χ3v) is 5.02. The van der Waals surface area contributed by atoms with Crippen LogP contribution in [0.2, 0.25) is 0 Å². The van der Waals surface area contributed by atoms with Crippen LogP contribution in [0.25, 0.3) is 5.82 Å². The fraction of sp³-hybridized carbons (Fsp3) is 0.286. The smallest absolute Gasteiger partial charge is 0.277 e. The number of anilines is 1. The van der Waals surface area contributed by atoms with Crippen LogP contribution in [0.5, 0.6) is 0 Å². The van der Waals surface area contributed by atoms with Crippen molar-refractivity contribution in [3.63, 3.8) is 0 Å². The molecule has 3 heterocycles. The van der Waals surface area contributed by atoms with Gasteiger partial charge in [-0.15, -0.1) is 0 Å². The quantitative estimate of drug-likeness (QED) is 0.699. The van der Waals surface area contributed by atoms with Crippen LogP contribution in [0, 0.1) is 0 Å². The van der Waals surface area contributed by atoms with Crippen molar-refractivity contribution in [1.29, 1.82) is 0 Å². The zero-order chi connectivity index (χ0) is 18.3. The summed E-state index contributed by atoms with van der Waals surface area (Å²) in [6, 6.07) is 15.5. The Balaban J connectivity index is 1.78. The van der Waals surface area contributed by atoms with Crippen molar-refractivity contribution in [3.8, 4) is 5.82 Å². The third-order valence-electron chi connectivity index (χ3n) is 5.02. The van der Waals surface area contributed by atoms with Gasteiger partial charge in [-0.25, -0.2) is 9.67 Å². The molecule has 0 aliphatic carbocycles. The highest BCUT2D eigenvalue weighted by Crippen LogP contribution is 2.43. The summed E-state index contributed by atoms with van der Waals surface area (Å²) in [5.41, 5.74) is 2.33. The van der Waals surface area contributed by atoms with Crippen molar-refractivity contribution in [2.24, 2.45) is 0 Å². The number of rotatable bonds is 2. The number of para-hydroxylation sites is 1. The van der Waals surface area contributed by atoms with Gasteiger partial charge in [-0.1, -0.05) is 31.2 Å². The Morgan fingerprint density at radius 2 is 1.92 bits per heavy atom. The second-order valence-corrected chi connectivity index (χ2v) is 7.45. The maximum Gasteiger partial charge on any atom is 0.277 e. The number of hydrogen-bond donors (Lipinski definition) is 0. The molecule has 0 spiro atoms. The lowest BCUT2D eigenvalue weighted by Crippen LogP contribution is -2.51. The van der Waals surface area contributed by atoms with Crippen LogP contribution >= 0.6 is 0 Å². The van der Waals surface area contributed by atoms with Gasteiger partial charge in [0.2, 0.25) is 0 Å². The van der Waals surface area contributed by atoms with E-state index < -0.39 is 0 Å². The molecule has 0 saturated carbocycles. The summed E-state index contributed by atoms with van der Waals surface area (Å²) in [5, 5.41) is 4.20. The Kier molecular flexibility index (Phi) is 3.87. The average Bonchev–Trinajstić information content (AvgIpc) is 3.16. The van der Waals surface area contributed by atoms with E-state index in [1.165, 1.54) is 5.56 Å². The van der Waals surface area contributed by atoms with Gasteiger partial charge in [-0.05, 0) is 56.0 Å². The molecular formula is C21H22N4O. The molecule has 26 heavy (non-hydrogen) atoms. The van der Waals surface area contributed by atoms with Gasteiger partial charge in [0.05, 0.1) is 0 Å². The van der Waals surface area contributed by atoms with Gasteiger partial charge in [0.25, 0.3) is 5.91 Å². The molecule has 0 fully saturated rings. The van der Waals surface area contributed by atoms with Crippen molar-refractivity contribution in [3.05, 3.63) is 72.2 Å². The molecule has 1 unspecified atom stereocenters. The molecule has 132 valence electrons. The van der Waals surface area contributed by atoms with Gasteiger partial charge in [0.1, 0.15) is 5.69 Å². The molecule has 2 aromatic heterocycles. The predicted molar refractivity (Wildman–Crippen MR) is 102 cm³/mol. The number of benzene rings is 1. The van der Waals surface area contributed by atoms with Crippen LogP contribution in [0.1, 0.15) is 49.2 Å². The summed E-state index contributed by atoms with van der Waals surface area (Å²) >= 11 is 0. The monoisotopic (exact) mass is 346 g/mol. The molecule has 0 saturated heterocycles. The van der Waals surface area contributed by atoms with Crippen molar-refractivity contribution < 1.29 is 4.79 Å². The highest BCUT2D eigenvalue weighted by molar-refractivity contribution is 6.06. The molecule has 4 rings (SSSR count). The Labute approximate surface area is 153 Å². The summed E-state index contributed by atoms with van der Waals surface area (Å²) in [6.45, 7) is 6.46. The number of carbonyl (C=O) groups excluding carboxylic acids is 1. The van der Waals surface area contributed by atoms with Crippen LogP contribution in [0.4, 0.5) is 5.69 Å². The van der Waals surface area contributed by atoms with Crippen molar-refractivity contribution in [2.75, 3.05) is 4.90 Å². The van der Waals surface area contributed by atoms with E-state index in [1.54, 1.807) is 16.9 Å². The molecule has 1 aliphatic rings. The number of nitrogens with zero attached hydrogens (tertiary/aromatic N) is 4. The van der Waals surface area contributed by atoms with Gasteiger partial charge in [-0.2, -0.15) is 5.10 Å². The molecule has 0 bridgehead atoms. The Morgan fingerprint density at radius 3 is 2.69 bits per heavy atom. The Hall–Kier alpha value is -2.95. The molecule has 1 amide bonds. The van der Waals surface area contributed by atoms with E-state index in [0.29, 0.717) is 17.4 Å². The van der Waals surface area contributed by atoms with Crippen molar-refractivity contribution in [2.45, 2.75) is 38.6 Å². The van der Waals surface area contributed by atoms with Crippen LogP contribution in [0.3, 0.4) is 0 Å². The Bertz CT molecular complexity index is 946. The molecule has 1 atom stereocenters. The zero-order valence-electron chi connectivity index (χ0n) is 15.3. The lowest BCUT2D eigenvalue weighted by atomic mass is 9.80. The van der Waals surface area contributed by atoms with Crippen LogP contribution in [0.15, 0.2) is 60.9 Å². The second-order valence-electron chi connectivity index (χ2n) is 7.45. The maximum absolute atomic E-state index is 13.4. The van der Waals surface area contributed by atoms with Crippen LogP contribution < -0.4 is 4.90 Å². The third kappa shape index (κ3) is 2.69. The highest BCUT2D eigenvalue weighted by atomic mass is 16.2. The molecule has 5 heteroatoms. The fourth-order valence-corrected chi connectivity index (χ4v) is 3.96. The van der Waals surface area contributed by atoms with E-state index in [-0.39, 0.29) is 11.4 Å². The van der Waals surface area contributed by atoms with Gasteiger partial charge >= 0.3 is 0 Å². The lowest BCUT2D eigenvalue weighted by molar-refractivity contribution is 0.0949. The maximum atomic E-state index is 13.4. The van der Waals surface area contributed by atoms with Gasteiger partial charge < -0.3 is 4.90 Å². The summed E-state index contributed by atoms with van der Waals surface area (Å²) in [7, 11) is 0. The van der Waals surface area contributed by atoms with Gasteiger partial charge in [0, 0.05) is 23.6 Å². The second kappa shape index (κ2) is 6.09. The van der Waals surface area contributed by atoms with E-state index in [9.17, 15) is 4.79 Å². The summed E-state index contributed by atoms with van der Waals surface area (Å²) in [5.74, 6) is 0.967. The number of fused-ring (bicyclic) bond motifs is 1. The molecule has 1 aliphatic heterocycles. The number of hydrogen-bond acceptors (Lipinski definition) is 3. The standard InChI is InChI=1S/C21H22N4O/c1-15-14-21(2,3)25(18-10-5-4-8-16(15)18)20(26)17-9-6-11-19(23-17)24-13-7-12-22-24/h4-13,15H,14H2,1-3H3. The van der Waals surface area contributed by atoms with Crippen molar-refractivity contribution >= 4 is 11.6 Å². The minimum Gasteiger partial charge on any atom is -0.301 e. The Morgan fingerprint density at radius 1 is 1.12 bits per heavy atom. The number of amides is 1. The van der Waals surface area contributed by atoms with Crippen molar-refractivity contribution in [1.82, 2.24) is 14.8 Å². The lowest BCUT2D eigenvalue weighted by Gasteiger charge is -2.45. The molecule has 5 nitrogen and oxygen atoms in total.